The molecule has 1 aromatic heterocycles. The monoisotopic (exact) mass is 372 g/mol. The molecule has 0 saturated heterocycles. The van der Waals surface area contributed by atoms with Crippen LogP contribution in [0.1, 0.15) is 35.5 Å². The van der Waals surface area contributed by atoms with Crippen LogP contribution in [0, 0.1) is 13.8 Å². The van der Waals surface area contributed by atoms with Crippen LogP contribution in [-0.2, 0) is 5.75 Å². The molecule has 6 heteroatoms. The molecule has 1 heterocycles. The second-order valence-corrected chi connectivity index (χ2v) is 7.55. The highest BCUT2D eigenvalue weighted by Gasteiger charge is 2.19. The van der Waals surface area contributed by atoms with Crippen LogP contribution in [-0.4, -0.2) is 14.8 Å². The van der Waals surface area contributed by atoms with E-state index in [1.54, 1.807) is 11.8 Å². The molecular formula is C19H21ClN4S. The molecule has 0 aliphatic carbocycles. The van der Waals surface area contributed by atoms with Gasteiger partial charge in [0, 0.05) is 10.8 Å². The van der Waals surface area contributed by atoms with Crippen molar-refractivity contribution in [2.45, 2.75) is 37.7 Å². The summed E-state index contributed by atoms with van der Waals surface area (Å²) in [5.41, 5.74) is 10.7. The molecule has 0 spiro atoms. The summed E-state index contributed by atoms with van der Waals surface area (Å²) in [5.74, 6) is 1.55. The topological polar surface area (TPSA) is 56.7 Å². The predicted octanol–water partition coefficient (Wildman–Crippen LogP) is 4.85. The molecule has 4 nitrogen and oxygen atoms in total. The first-order valence-electron chi connectivity index (χ1n) is 8.11. The number of rotatable bonds is 5. The second kappa shape index (κ2) is 7.60. The first-order chi connectivity index (χ1) is 12.0. The minimum absolute atomic E-state index is 0.223. The van der Waals surface area contributed by atoms with E-state index in [4.69, 9.17) is 17.3 Å². The van der Waals surface area contributed by atoms with E-state index < -0.39 is 0 Å². The van der Waals surface area contributed by atoms with E-state index in [0.717, 1.165) is 28.0 Å². The van der Waals surface area contributed by atoms with Gasteiger partial charge >= 0.3 is 0 Å². The first-order valence-corrected chi connectivity index (χ1v) is 9.48. The number of hydrogen-bond donors (Lipinski definition) is 1. The Morgan fingerprint density at radius 1 is 1.16 bits per heavy atom. The molecule has 0 unspecified atom stereocenters. The molecule has 0 radical (unpaired) electrons. The molecular weight excluding hydrogens is 352 g/mol. The van der Waals surface area contributed by atoms with Gasteiger partial charge in [0.25, 0.3) is 0 Å². The van der Waals surface area contributed by atoms with Gasteiger partial charge in [0.1, 0.15) is 0 Å². The van der Waals surface area contributed by atoms with Gasteiger partial charge in [-0.25, -0.2) is 0 Å². The number of thioether (sulfide) groups is 1. The Balaban J connectivity index is 1.99. The third kappa shape index (κ3) is 4.06. The Morgan fingerprint density at radius 3 is 2.68 bits per heavy atom. The van der Waals surface area contributed by atoms with Crippen molar-refractivity contribution < 1.29 is 0 Å². The Kier molecular flexibility index (Phi) is 5.47. The Morgan fingerprint density at radius 2 is 1.96 bits per heavy atom. The van der Waals surface area contributed by atoms with E-state index in [1.165, 1.54) is 11.1 Å². The normalized spacial score (nSPS) is 12.4. The van der Waals surface area contributed by atoms with Crippen molar-refractivity contribution in [1.29, 1.82) is 0 Å². The van der Waals surface area contributed by atoms with E-state index >= 15 is 0 Å². The number of aryl methyl sites for hydroxylation is 2. The molecule has 130 valence electrons. The Bertz CT molecular complexity index is 889. The lowest BCUT2D eigenvalue weighted by molar-refractivity contribution is 0.703. The van der Waals surface area contributed by atoms with Crippen LogP contribution in [0.5, 0.6) is 0 Å². The van der Waals surface area contributed by atoms with Crippen molar-refractivity contribution in [3.05, 3.63) is 70.0 Å². The van der Waals surface area contributed by atoms with Crippen molar-refractivity contribution in [2.75, 3.05) is 0 Å². The van der Waals surface area contributed by atoms with Gasteiger partial charge < -0.3 is 5.73 Å². The Labute approximate surface area is 157 Å². The maximum atomic E-state index is 6.22. The Hall–Kier alpha value is -1.82. The molecule has 0 amide bonds. The van der Waals surface area contributed by atoms with Gasteiger partial charge in [0.05, 0.1) is 11.7 Å². The highest BCUT2D eigenvalue weighted by Crippen LogP contribution is 2.30. The van der Waals surface area contributed by atoms with Crippen LogP contribution >= 0.6 is 23.4 Å². The van der Waals surface area contributed by atoms with Gasteiger partial charge in [0.15, 0.2) is 11.0 Å². The zero-order valence-electron chi connectivity index (χ0n) is 14.5. The molecule has 3 aromatic rings. The lowest BCUT2D eigenvalue weighted by atomic mass is 10.2. The summed E-state index contributed by atoms with van der Waals surface area (Å²) in [5, 5.41) is 10.2. The maximum Gasteiger partial charge on any atom is 0.196 e. The average molecular weight is 373 g/mol. The minimum atomic E-state index is -0.223. The number of benzene rings is 2. The number of nitrogens with zero attached hydrogens (tertiary/aromatic N) is 3. The van der Waals surface area contributed by atoms with E-state index in [9.17, 15) is 0 Å². The largest absolute Gasteiger partial charge is 0.322 e. The molecule has 0 bridgehead atoms. The molecule has 0 aliphatic rings. The van der Waals surface area contributed by atoms with Crippen molar-refractivity contribution >= 4 is 23.4 Å². The van der Waals surface area contributed by atoms with Crippen LogP contribution in [0.3, 0.4) is 0 Å². The molecule has 0 fully saturated rings. The highest BCUT2D eigenvalue weighted by atomic mass is 35.5. The highest BCUT2D eigenvalue weighted by molar-refractivity contribution is 7.98. The van der Waals surface area contributed by atoms with E-state index in [-0.39, 0.29) is 6.04 Å². The van der Waals surface area contributed by atoms with E-state index in [2.05, 4.69) is 41.4 Å². The van der Waals surface area contributed by atoms with Gasteiger partial charge in [0.2, 0.25) is 0 Å². The van der Waals surface area contributed by atoms with Gasteiger partial charge in [-0.2, -0.15) is 0 Å². The quantitative estimate of drug-likeness (QED) is 0.650. The molecule has 25 heavy (non-hydrogen) atoms. The molecule has 0 aliphatic heterocycles. The van der Waals surface area contributed by atoms with Crippen LogP contribution in [0.4, 0.5) is 0 Å². The van der Waals surface area contributed by atoms with Crippen LogP contribution in [0.2, 0.25) is 5.02 Å². The zero-order chi connectivity index (χ0) is 18.0. The van der Waals surface area contributed by atoms with Crippen molar-refractivity contribution in [2.24, 2.45) is 5.73 Å². The average Bonchev–Trinajstić information content (AvgIpc) is 2.99. The summed E-state index contributed by atoms with van der Waals surface area (Å²) in [6.45, 7) is 6.06. The third-order valence-corrected chi connectivity index (χ3v) is 5.16. The fourth-order valence-corrected chi connectivity index (χ4v) is 3.73. The summed E-state index contributed by atoms with van der Waals surface area (Å²) in [6.07, 6.45) is 0. The number of halogens is 1. The summed E-state index contributed by atoms with van der Waals surface area (Å²) < 4.78 is 2.02. The van der Waals surface area contributed by atoms with Crippen LogP contribution in [0.25, 0.3) is 5.69 Å². The fraction of sp³-hybridized carbons (Fsp3) is 0.263. The summed E-state index contributed by atoms with van der Waals surface area (Å²) in [7, 11) is 0. The maximum absolute atomic E-state index is 6.22. The van der Waals surface area contributed by atoms with Crippen LogP contribution in [0.15, 0.2) is 47.6 Å². The van der Waals surface area contributed by atoms with Gasteiger partial charge in [-0.15, -0.1) is 10.2 Å². The predicted molar refractivity (Wildman–Crippen MR) is 104 cm³/mol. The van der Waals surface area contributed by atoms with E-state index in [1.807, 2.05) is 36.6 Å². The van der Waals surface area contributed by atoms with Gasteiger partial charge in [-0.05, 0) is 44.0 Å². The number of aromatic nitrogens is 3. The summed E-state index contributed by atoms with van der Waals surface area (Å²) in [6, 6.07) is 14.1. The lowest BCUT2D eigenvalue weighted by Crippen LogP contribution is -2.13. The first kappa shape index (κ1) is 18.0. The molecule has 0 saturated carbocycles. The lowest BCUT2D eigenvalue weighted by Gasteiger charge is -2.15. The van der Waals surface area contributed by atoms with Crippen molar-refractivity contribution in [3.8, 4) is 5.69 Å². The summed E-state index contributed by atoms with van der Waals surface area (Å²) in [4.78, 5) is 0. The van der Waals surface area contributed by atoms with Crippen molar-refractivity contribution in [1.82, 2.24) is 14.8 Å². The molecule has 2 aromatic carbocycles. The summed E-state index contributed by atoms with van der Waals surface area (Å²) >= 11 is 7.86. The van der Waals surface area contributed by atoms with Gasteiger partial charge in [-0.1, -0.05) is 59.3 Å². The fourth-order valence-electron chi connectivity index (χ4n) is 2.67. The zero-order valence-corrected chi connectivity index (χ0v) is 16.1. The molecule has 3 rings (SSSR count). The SMILES string of the molecule is Cc1cccc(CSc2nnc([C@H](C)N)n2-c2cc(Cl)ccc2C)c1. The molecule has 2 N–H and O–H groups in total. The van der Waals surface area contributed by atoms with Crippen LogP contribution < -0.4 is 5.73 Å². The number of nitrogens with two attached hydrogens (primary N) is 1. The van der Waals surface area contributed by atoms with Crippen molar-refractivity contribution in [3.63, 3.8) is 0 Å². The number of hydrogen-bond acceptors (Lipinski definition) is 4. The second-order valence-electron chi connectivity index (χ2n) is 6.17. The van der Waals surface area contributed by atoms with E-state index in [0.29, 0.717) is 5.02 Å². The smallest absolute Gasteiger partial charge is 0.196 e. The third-order valence-electron chi connectivity index (χ3n) is 3.93. The standard InChI is InChI=1S/C19H21ClN4S/c1-12-5-4-6-15(9-12)11-25-19-23-22-18(14(3)21)24(19)17-10-16(20)8-7-13(17)2/h4-10,14H,11,21H2,1-3H3/t14-/m0/s1. The minimum Gasteiger partial charge on any atom is -0.322 e. The molecule has 1 atom stereocenters. The van der Waals surface area contributed by atoms with Gasteiger partial charge in [-0.3, -0.25) is 4.57 Å².